The Morgan fingerprint density at radius 1 is 1.30 bits per heavy atom. The molecular weight excluding hydrogens is 248 g/mol. The van der Waals surface area contributed by atoms with E-state index in [9.17, 15) is 0 Å². The number of aryl methyl sites for hydroxylation is 1. The maximum Gasteiger partial charge on any atom is 0.0703 e. The third-order valence-electron chi connectivity index (χ3n) is 4.31. The van der Waals surface area contributed by atoms with Gasteiger partial charge >= 0.3 is 0 Å². The van der Waals surface area contributed by atoms with Gasteiger partial charge in [-0.1, -0.05) is 38.1 Å². The summed E-state index contributed by atoms with van der Waals surface area (Å²) < 4.78 is 5.77. The van der Waals surface area contributed by atoms with Gasteiger partial charge in [-0.25, -0.2) is 0 Å². The van der Waals surface area contributed by atoms with Crippen molar-refractivity contribution < 1.29 is 4.74 Å². The van der Waals surface area contributed by atoms with Crippen LogP contribution in [0.4, 0.5) is 0 Å². The third-order valence-corrected chi connectivity index (χ3v) is 4.31. The van der Waals surface area contributed by atoms with Gasteiger partial charge in [-0.05, 0) is 36.9 Å². The first kappa shape index (κ1) is 15.5. The Kier molecular flexibility index (Phi) is 6.02. The predicted octanol–water partition coefficient (Wildman–Crippen LogP) is 2.75. The fourth-order valence-corrected chi connectivity index (χ4v) is 3.00. The fourth-order valence-electron chi connectivity index (χ4n) is 3.00. The average Bonchev–Trinajstić information content (AvgIpc) is 3.00. The van der Waals surface area contributed by atoms with Crippen molar-refractivity contribution in [3.05, 3.63) is 35.4 Å². The second-order valence-corrected chi connectivity index (χ2v) is 5.57. The molecule has 1 aliphatic rings. The van der Waals surface area contributed by atoms with Gasteiger partial charge in [0.15, 0.2) is 0 Å². The molecular formula is C17H28N2O. The van der Waals surface area contributed by atoms with E-state index in [0.29, 0.717) is 18.7 Å². The molecule has 1 aliphatic heterocycles. The summed E-state index contributed by atoms with van der Waals surface area (Å²) in [5.41, 5.74) is 8.75. The van der Waals surface area contributed by atoms with Crippen LogP contribution < -0.4 is 5.73 Å². The molecule has 0 aliphatic carbocycles. The molecule has 1 aromatic rings. The number of rotatable bonds is 7. The van der Waals surface area contributed by atoms with Gasteiger partial charge in [-0.15, -0.1) is 0 Å². The number of likely N-dealkylation sites (N-methyl/N-ethyl adjacent to an activating group) is 1. The van der Waals surface area contributed by atoms with Crippen molar-refractivity contribution >= 4 is 0 Å². The monoisotopic (exact) mass is 276 g/mol. The number of nitrogens with two attached hydrogens (primary N) is 1. The number of hydrogen-bond donors (Lipinski definition) is 1. The van der Waals surface area contributed by atoms with Crippen molar-refractivity contribution in [2.24, 2.45) is 5.73 Å². The predicted molar refractivity (Wildman–Crippen MR) is 83.8 cm³/mol. The van der Waals surface area contributed by atoms with Crippen LogP contribution in [0.3, 0.4) is 0 Å². The van der Waals surface area contributed by atoms with E-state index in [0.717, 1.165) is 26.1 Å². The molecule has 2 N–H and O–H groups in total. The van der Waals surface area contributed by atoms with Crippen LogP contribution in [0.1, 0.15) is 43.9 Å². The number of benzene rings is 1. The topological polar surface area (TPSA) is 38.5 Å². The van der Waals surface area contributed by atoms with Gasteiger partial charge < -0.3 is 10.5 Å². The first-order valence-electron chi connectivity index (χ1n) is 7.93. The second-order valence-electron chi connectivity index (χ2n) is 5.57. The lowest BCUT2D eigenvalue weighted by Crippen LogP contribution is -2.38. The molecule has 3 heteroatoms. The van der Waals surface area contributed by atoms with Crippen molar-refractivity contribution in [3.8, 4) is 0 Å². The molecule has 0 saturated carbocycles. The smallest absolute Gasteiger partial charge is 0.0703 e. The van der Waals surface area contributed by atoms with Crippen LogP contribution in [-0.4, -0.2) is 37.2 Å². The summed E-state index contributed by atoms with van der Waals surface area (Å²) in [5, 5.41) is 0. The van der Waals surface area contributed by atoms with E-state index in [1.165, 1.54) is 24.0 Å². The van der Waals surface area contributed by atoms with E-state index >= 15 is 0 Å². The minimum Gasteiger partial charge on any atom is -0.377 e. The summed E-state index contributed by atoms with van der Waals surface area (Å²) in [6.07, 6.45) is 3.85. The molecule has 0 spiro atoms. The van der Waals surface area contributed by atoms with Gasteiger partial charge in [0.25, 0.3) is 0 Å². The molecule has 0 radical (unpaired) electrons. The zero-order valence-corrected chi connectivity index (χ0v) is 12.8. The van der Waals surface area contributed by atoms with Gasteiger partial charge in [-0.3, -0.25) is 4.90 Å². The maximum absolute atomic E-state index is 6.04. The molecule has 2 unspecified atom stereocenters. The Balaban J connectivity index is 2.06. The van der Waals surface area contributed by atoms with Gasteiger partial charge in [0.2, 0.25) is 0 Å². The highest BCUT2D eigenvalue weighted by atomic mass is 16.5. The minimum atomic E-state index is 0.301. The molecule has 1 heterocycles. The van der Waals surface area contributed by atoms with E-state index in [4.69, 9.17) is 10.5 Å². The number of ether oxygens (including phenoxy) is 1. The molecule has 2 atom stereocenters. The van der Waals surface area contributed by atoms with Gasteiger partial charge in [-0.2, -0.15) is 0 Å². The molecule has 3 nitrogen and oxygen atoms in total. The Morgan fingerprint density at radius 2 is 2.05 bits per heavy atom. The highest BCUT2D eigenvalue weighted by Gasteiger charge is 2.23. The summed E-state index contributed by atoms with van der Waals surface area (Å²) in [5.74, 6) is 0. The molecule has 2 rings (SSSR count). The lowest BCUT2D eigenvalue weighted by atomic mass is 10.0. The molecule has 112 valence electrons. The Labute approximate surface area is 123 Å². The van der Waals surface area contributed by atoms with Crippen LogP contribution in [0, 0.1) is 0 Å². The molecule has 1 aromatic carbocycles. The second kappa shape index (κ2) is 7.77. The van der Waals surface area contributed by atoms with Crippen LogP contribution >= 0.6 is 0 Å². The average molecular weight is 276 g/mol. The van der Waals surface area contributed by atoms with Crippen molar-refractivity contribution in [1.82, 2.24) is 4.90 Å². The van der Waals surface area contributed by atoms with Crippen LogP contribution in [0.25, 0.3) is 0 Å². The van der Waals surface area contributed by atoms with Crippen molar-refractivity contribution in [3.63, 3.8) is 0 Å². The summed E-state index contributed by atoms with van der Waals surface area (Å²) in [4.78, 5) is 2.46. The van der Waals surface area contributed by atoms with E-state index in [2.05, 4.69) is 43.0 Å². The van der Waals surface area contributed by atoms with Crippen LogP contribution in [0.15, 0.2) is 24.3 Å². The van der Waals surface area contributed by atoms with Crippen LogP contribution in [0.2, 0.25) is 0 Å². The maximum atomic E-state index is 6.04. The fraction of sp³-hybridized carbons (Fsp3) is 0.647. The van der Waals surface area contributed by atoms with Gasteiger partial charge in [0, 0.05) is 25.7 Å². The molecule has 20 heavy (non-hydrogen) atoms. The SMILES string of the molecule is CCc1ccc(C(CN)N(CC)CC2CCCO2)cc1. The summed E-state index contributed by atoms with van der Waals surface area (Å²) in [7, 11) is 0. The summed E-state index contributed by atoms with van der Waals surface area (Å²) in [6, 6.07) is 9.20. The Bertz CT molecular complexity index is 384. The molecule has 1 saturated heterocycles. The van der Waals surface area contributed by atoms with Gasteiger partial charge in [0.1, 0.15) is 0 Å². The quantitative estimate of drug-likeness (QED) is 0.832. The Hall–Kier alpha value is -0.900. The first-order valence-corrected chi connectivity index (χ1v) is 7.93. The van der Waals surface area contributed by atoms with Crippen molar-refractivity contribution in [1.29, 1.82) is 0 Å². The molecule has 0 amide bonds. The first-order chi connectivity index (χ1) is 9.78. The van der Waals surface area contributed by atoms with Crippen LogP contribution in [-0.2, 0) is 11.2 Å². The largest absolute Gasteiger partial charge is 0.377 e. The van der Waals surface area contributed by atoms with Crippen LogP contribution in [0.5, 0.6) is 0 Å². The van der Waals surface area contributed by atoms with Crippen molar-refractivity contribution in [2.75, 3.05) is 26.2 Å². The van der Waals surface area contributed by atoms with E-state index < -0.39 is 0 Å². The van der Waals surface area contributed by atoms with E-state index in [1.807, 2.05) is 0 Å². The summed E-state index contributed by atoms with van der Waals surface area (Å²) >= 11 is 0. The van der Waals surface area contributed by atoms with Gasteiger partial charge in [0.05, 0.1) is 6.10 Å². The van der Waals surface area contributed by atoms with Crippen molar-refractivity contribution in [2.45, 2.75) is 45.3 Å². The highest BCUT2D eigenvalue weighted by molar-refractivity contribution is 5.25. The molecule has 0 aromatic heterocycles. The highest BCUT2D eigenvalue weighted by Crippen LogP contribution is 2.23. The zero-order valence-electron chi connectivity index (χ0n) is 12.8. The number of nitrogens with zero attached hydrogens (tertiary/aromatic N) is 1. The zero-order chi connectivity index (χ0) is 14.4. The molecule has 1 fully saturated rings. The lowest BCUT2D eigenvalue weighted by molar-refractivity contribution is 0.0601. The standard InChI is InChI=1S/C17H28N2O/c1-3-14-7-9-15(10-8-14)17(12-18)19(4-2)13-16-6-5-11-20-16/h7-10,16-17H,3-6,11-13,18H2,1-2H3. The summed E-state index contributed by atoms with van der Waals surface area (Å²) in [6.45, 7) is 7.97. The minimum absolute atomic E-state index is 0.301. The Morgan fingerprint density at radius 3 is 2.55 bits per heavy atom. The lowest BCUT2D eigenvalue weighted by Gasteiger charge is -2.32. The third kappa shape index (κ3) is 3.81. The molecule has 0 bridgehead atoms. The normalized spacial score (nSPS) is 20.5. The van der Waals surface area contributed by atoms with E-state index in [-0.39, 0.29) is 0 Å². The number of hydrogen-bond acceptors (Lipinski definition) is 3. The van der Waals surface area contributed by atoms with E-state index in [1.54, 1.807) is 0 Å².